The molecule has 0 radical (unpaired) electrons. The highest BCUT2D eigenvalue weighted by Crippen LogP contribution is 2.33. The fourth-order valence-corrected chi connectivity index (χ4v) is 3.58. The Morgan fingerprint density at radius 2 is 1.30 bits per heavy atom. The molecule has 0 saturated carbocycles. The van der Waals surface area contributed by atoms with Gasteiger partial charge in [-0.1, -0.05) is 18.2 Å². The normalized spacial score (nSPS) is 10.8. The van der Waals surface area contributed by atoms with Crippen molar-refractivity contribution in [2.24, 2.45) is 0 Å². The van der Waals surface area contributed by atoms with Gasteiger partial charge in [0.25, 0.3) is 0 Å². The van der Waals surface area contributed by atoms with Crippen molar-refractivity contribution in [3.05, 3.63) is 60.7 Å². The van der Waals surface area contributed by atoms with Crippen molar-refractivity contribution in [2.75, 3.05) is 36.0 Å². The van der Waals surface area contributed by atoms with E-state index in [1.54, 1.807) is 0 Å². The molecule has 3 aromatic rings. The predicted molar refractivity (Wildman–Crippen MR) is 118 cm³/mol. The van der Waals surface area contributed by atoms with Gasteiger partial charge in [0.2, 0.25) is 0 Å². The van der Waals surface area contributed by atoms with Crippen molar-refractivity contribution in [3.8, 4) is 11.5 Å². The summed E-state index contributed by atoms with van der Waals surface area (Å²) in [6.45, 7) is 12.7. The molecule has 0 aliphatic carbocycles. The third kappa shape index (κ3) is 4.19. The Hall–Kier alpha value is -2.68. The molecular weight excluding hydrogens is 332 g/mol. The van der Waals surface area contributed by atoms with Crippen molar-refractivity contribution in [1.29, 1.82) is 0 Å². The van der Waals surface area contributed by atoms with Crippen molar-refractivity contribution in [3.63, 3.8) is 0 Å². The van der Waals surface area contributed by atoms with Crippen LogP contribution >= 0.6 is 0 Å². The Morgan fingerprint density at radius 3 is 1.96 bits per heavy atom. The Bertz CT molecular complexity index is 882. The fraction of sp³-hybridized carbons (Fsp3) is 0.333. The molecule has 0 saturated heterocycles. The molecule has 0 heterocycles. The summed E-state index contributed by atoms with van der Waals surface area (Å²) in [5, 5.41) is 2.35. The molecular formula is C24H30N2O. The van der Waals surface area contributed by atoms with Crippen molar-refractivity contribution < 1.29 is 4.74 Å². The van der Waals surface area contributed by atoms with Crippen LogP contribution in [-0.2, 0) is 0 Å². The minimum atomic E-state index is 0.875. The first-order valence-corrected chi connectivity index (χ1v) is 10.0. The van der Waals surface area contributed by atoms with Gasteiger partial charge in [-0.05, 0) is 69.5 Å². The number of hydrogen-bond acceptors (Lipinski definition) is 3. The summed E-state index contributed by atoms with van der Waals surface area (Å²) in [4.78, 5) is 4.69. The van der Waals surface area contributed by atoms with Crippen LogP contribution in [0.4, 0.5) is 11.4 Å². The van der Waals surface area contributed by atoms with E-state index in [1.165, 1.54) is 16.8 Å². The molecule has 0 N–H and O–H groups in total. The molecule has 0 aliphatic heterocycles. The van der Waals surface area contributed by atoms with Crippen molar-refractivity contribution in [2.45, 2.75) is 27.7 Å². The van der Waals surface area contributed by atoms with Gasteiger partial charge in [0.1, 0.15) is 11.5 Å². The fourth-order valence-electron chi connectivity index (χ4n) is 3.58. The average Bonchev–Trinajstić information content (AvgIpc) is 2.70. The summed E-state index contributed by atoms with van der Waals surface area (Å²) in [6, 6.07) is 21.2. The van der Waals surface area contributed by atoms with Gasteiger partial charge < -0.3 is 14.5 Å². The molecule has 3 heteroatoms. The van der Waals surface area contributed by atoms with E-state index in [1.807, 2.05) is 12.1 Å². The second-order valence-corrected chi connectivity index (χ2v) is 6.61. The minimum absolute atomic E-state index is 0.875. The van der Waals surface area contributed by atoms with Crippen LogP contribution < -0.4 is 14.5 Å². The van der Waals surface area contributed by atoms with Gasteiger partial charge >= 0.3 is 0 Å². The molecule has 3 rings (SSSR count). The first kappa shape index (κ1) is 19.1. The number of fused-ring (bicyclic) bond motifs is 1. The largest absolute Gasteiger partial charge is 0.457 e. The third-order valence-electron chi connectivity index (χ3n) is 5.13. The standard InChI is InChI=1S/C24H30N2O/c1-5-25(6-2)20-12-10-13-22(18-20)27-24-14-9-11-19-17-21(15-16-23(19)24)26(7-3)8-4/h9-18H,5-8H2,1-4H3. The molecule has 0 aromatic heterocycles. The predicted octanol–water partition coefficient (Wildman–Crippen LogP) is 6.32. The Balaban J connectivity index is 1.92. The van der Waals surface area contributed by atoms with Gasteiger partial charge in [-0.3, -0.25) is 0 Å². The Morgan fingerprint density at radius 1 is 0.667 bits per heavy atom. The van der Waals surface area contributed by atoms with E-state index in [9.17, 15) is 0 Å². The van der Waals surface area contributed by atoms with E-state index in [2.05, 4.69) is 86.0 Å². The van der Waals surface area contributed by atoms with Crippen LogP contribution in [0.25, 0.3) is 10.8 Å². The molecule has 0 amide bonds. The molecule has 142 valence electrons. The van der Waals surface area contributed by atoms with Crippen LogP contribution in [-0.4, -0.2) is 26.2 Å². The maximum absolute atomic E-state index is 6.28. The summed E-state index contributed by atoms with van der Waals surface area (Å²) in [6.07, 6.45) is 0. The second kappa shape index (κ2) is 8.81. The quantitative estimate of drug-likeness (QED) is 0.466. The van der Waals surface area contributed by atoms with E-state index < -0.39 is 0 Å². The molecule has 27 heavy (non-hydrogen) atoms. The molecule has 0 aliphatic rings. The highest BCUT2D eigenvalue weighted by atomic mass is 16.5. The van der Waals surface area contributed by atoms with Crippen molar-refractivity contribution >= 4 is 22.1 Å². The van der Waals surface area contributed by atoms with Crippen LogP contribution in [0.3, 0.4) is 0 Å². The lowest BCUT2D eigenvalue weighted by Gasteiger charge is -2.22. The van der Waals surface area contributed by atoms with Crippen LogP contribution in [0.2, 0.25) is 0 Å². The van der Waals surface area contributed by atoms with E-state index in [-0.39, 0.29) is 0 Å². The minimum Gasteiger partial charge on any atom is -0.457 e. The van der Waals surface area contributed by atoms with Crippen LogP contribution in [0, 0.1) is 0 Å². The lowest BCUT2D eigenvalue weighted by Crippen LogP contribution is -2.21. The maximum Gasteiger partial charge on any atom is 0.135 e. The van der Waals surface area contributed by atoms with E-state index in [0.29, 0.717) is 0 Å². The average molecular weight is 363 g/mol. The second-order valence-electron chi connectivity index (χ2n) is 6.61. The van der Waals surface area contributed by atoms with Crippen LogP contribution in [0.15, 0.2) is 60.7 Å². The zero-order valence-electron chi connectivity index (χ0n) is 16.9. The summed E-state index contributed by atoms with van der Waals surface area (Å²) in [5.41, 5.74) is 2.45. The zero-order valence-corrected chi connectivity index (χ0v) is 16.9. The smallest absolute Gasteiger partial charge is 0.135 e. The Labute approximate surface area is 163 Å². The summed E-state index contributed by atoms with van der Waals surface area (Å²) < 4.78 is 6.28. The first-order chi connectivity index (χ1) is 13.2. The molecule has 0 fully saturated rings. The van der Waals surface area contributed by atoms with E-state index in [4.69, 9.17) is 4.74 Å². The molecule has 0 spiro atoms. The molecule has 0 unspecified atom stereocenters. The lowest BCUT2D eigenvalue weighted by molar-refractivity contribution is 0.488. The lowest BCUT2D eigenvalue weighted by atomic mass is 10.1. The van der Waals surface area contributed by atoms with Crippen LogP contribution in [0.1, 0.15) is 27.7 Å². The molecule has 3 nitrogen and oxygen atoms in total. The highest BCUT2D eigenvalue weighted by Gasteiger charge is 2.09. The van der Waals surface area contributed by atoms with E-state index in [0.717, 1.165) is 43.1 Å². The number of benzene rings is 3. The van der Waals surface area contributed by atoms with Gasteiger partial charge in [0.15, 0.2) is 0 Å². The van der Waals surface area contributed by atoms with Crippen molar-refractivity contribution in [1.82, 2.24) is 0 Å². The number of hydrogen-bond donors (Lipinski definition) is 0. The Kier molecular flexibility index (Phi) is 6.23. The number of nitrogens with zero attached hydrogens (tertiary/aromatic N) is 2. The SMILES string of the molecule is CCN(CC)c1cccc(Oc2cccc3cc(N(CC)CC)ccc23)c1. The molecule has 3 aromatic carbocycles. The maximum atomic E-state index is 6.28. The van der Waals surface area contributed by atoms with Gasteiger partial charge in [-0.25, -0.2) is 0 Å². The summed E-state index contributed by atoms with van der Waals surface area (Å²) >= 11 is 0. The summed E-state index contributed by atoms with van der Waals surface area (Å²) in [7, 11) is 0. The van der Waals surface area contributed by atoms with Gasteiger partial charge in [0.05, 0.1) is 0 Å². The third-order valence-corrected chi connectivity index (χ3v) is 5.13. The number of rotatable bonds is 8. The van der Waals surface area contributed by atoms with Gasteiger partial charge in [-0.15, -0.1) is 0 Å². The number of ether oxygens (including phenoxy) is 1. The monoisotopic (exact) mass is 362 g/mol. The van der Waals surface area contributed by atoms with E-state index >= 15 is 0 Å². The molecule has 0 bridgehead atoms. The topological polar surface area (TPSA) is 15.7 Å². The zero-order chi connectivity index (χ0) is 19.2. The van der Waals surface area contributed by atoms with Crippen LogP contribution in [0.5, 0.6) is 11.5 Å². The highest BCUT2D eigenvalue weighted by molar-refractivity contribution is 5.91. The van der Waals surface area contributed by atoms with Gasteiger partial charge in [-0.2, -0.15) is 0 Å². The molecule has 0 atom stereocenters. The summed E-state index contributed by atoms with van der Waals surface area (Å²) in [5.74, 6) is 1.77. The van der Waals surface area contributed by atoms with Gasteiger partial charge in [0, 0.05) is 49.0 Å². The number of anilines is 2. The first-order valence-electron chi connectivity index (χ1n) is 10.0.